The van der Waals surface area contributed by atoms with E-state index in [1.807, 2.05) is 6.07 Å². The van der Waals surface area contributed by atoms with Crippen LogP contribution in [0.1, 0.15) is 0 Å². The first-order chi connectivity index (χ1) is 3.79. The number of benzene rings is 1. The maximum Gasteiger partial charge on any atom is 0.0420 e. The molecule has 0 spiro atoms. The van der Waals surface area contributed by atoms with Crippen LogP contribution in [-0.2, 0) is 0 Å². The predicted octanol–water partition coefficient (Wildman–Crippen LogP) is 3.84. The molecule has 0 aliphatic carbocycles. The van der Waals surface area contributed by atoms with Crippen molar-refractivity contribution in [3.05, 3.63) is 34.3 Å². The van der Waals surface area contributed by atoms with Crippen molar-refractivity contribution in [2.24, 2.45) is 0 Å². The second-order valence-electron chi connectivity index (χ2n) is 1.44. The minimum atomic E-state index is 0. The summed E-state index contributed by atoms with van der Waals surface area (Å²) in [5, 5.41) is 1.36. The van der Waals surface area contributed by atoms with E-state index in [0.717, 1.165) is 0 Å². The Hall–Kier alpha value is 0.380. The van der Waals surface area contributed by atoms with Gasteiger partial charge in [-0.2, -0.15) is 0 Å². The van der Waals surface area contributed by atoms with E-state index in [1.54, 1.807) is 18.2 Å². The Balaban J connectivity index is 0. The third-order valence-corrected chi connectivity index (χ3v) is 1.26. The molecule has 0 atom stereocenters. The standard InChI is InChI=1S/C6H4Cl2.2ClH/c7-5-2-1-3-6(8)4-5;;/h1-4H;2*1H. The molecule has 1 aromatic rings. The van der Waals surface area contributed by atoms with Crippen LogP contribution < -0.4 is 0 Å². The van der Waals surface area contributed by atoms with E-state index < -0.39 is 0 Å². The largest absolute Gasteiger partial charge is 0.147 e. The van der Waals surface area contributed by atoms with Crippen molar-refractivity contribution >= 4 is 48.0 Å². The van der Waals surface area contributed by atoms with Gasteiger partial charge in [0.1, 0.15) is 0 Å². The maximum atomic E-state index is 5.56. The van der Waals surface area contributed by atoms with Crippen LogP contribution in [0.3, 0.4) is 0 Å². The molecular formula is C6H6Cl4. The maximum absolute atomic E-state index is 5.56. The van der Waals surface area contributed by atoms with Gasteiger partial charge in [-0.15, -0.1) is 24.8 Å². The Morgan fingerprint density at radius 3 is 1.50 bits per heavy atom. The lowest BCUT2D eigenvalue weighted by Gasteiger charge is -1.86. The third-order valence-electron chi connectivity index (χ3n) is 0.787. The van der Waals surface area contributed by atoms with E-state index in [1.165, 1.54) is 0 Å². The summed E-state index contributed by atoms with van der Waals surface area (Å²) in [4.78, 5) is 0. The van der Waals surface area contributed by atoms with Gasteiger partial charge >= 0.3 is 0 Å². The summed E-state index contributed by atoms with van der Waals surface area (Å²) in [5.41, 5.74) is 0. The SMILES string of the molecule is Cl.Cl.Clc1cccc(Cl)c1. The van der Waals surface area contributed by atoms with E-state index >= 15 is 0 Å². The zero-order valence-electron chi connectivity index (χ0n) is 4.88. The molecule has 1 aromatic carbocycles. The minimum absolute atomic E-state index is 0. The quantitative estimate of drug-likeness (QED) is 0.622. The predicted molar refractivity (Wildman–Crippen MR) is 51.0 cm³/mol. The molecule has 0 aromatic heterocycles. The number of halogens is 4. The molecule has 10 heavy (non-hydrogen) atoms. The van der Waals surface area contributed by atoms with Crippen LogP contribution in [0.2, 0.25) is 10.0 Å². The fourth-order valence-electron chi connectivity index (χ4n) is 0.460. The molecule has 0 heterocycles. The lowest BCUT2D eigenvalue weighted by atomic mass is 10.4. The smallest absolute Gasteiger partial charge is 0.0420 e. The second-order valence-corrected chi connectivity index (χ2v) is 2.31. The van der Waals surface area contributed by atoms with Crippen molar-refractivity contribution in [3.8, 4) is 0 Å². The molecule has 0 unspecified atom stereocenters. The van der Waals surface area contributed by atoms with Gasteiger partial charge < -0.3 is 0 Å². The molecule has 0 saturated heterocycles. The van der Waals surface area contributed by atoms with Crippen LogP contribution in [0.5, 0.6) is 0 Å². The van der Waals surface area contributed by atoms with E-state index in [9.17, 15) is 0 Å². The first-order valence-corrected chi connectivity index (χ1v) is 2.96. The molecule has 4 heteroatoms. The molecule has 0 saturated carbocycles. The van der Waals surface area contributed by atoms with Crippen LogP contribution in [0.25, 0.3) is 0 Å². The topological polar surface area (TPSA) is 0 Å². The molecule has 0 bridgehead atoms. The lowest BCUT2D eigenvalue weighted by molar-refractivity contribution is 1.71. The average molecular weight is 220 g/mol. The van der Waals surface area contributed by atoms with Crippen molar-refractivity contribution in [1.29, 1.82) is 0 Å². The molecule has 1 rings (SSSR count). The zero-order chi connectivity index (χ0) is 5.98. The van der Waals surface area contributed by atoms with Crippen molar-refractivity contribution in [2.45, 2.75) is 0 Å². The van der Waals surface area contributed by atoms with Gasteiger partial charge in [-0.05, 0) is 18.2 Å². The molecule has 0 N–H and O–H groups in total. The van der Waals surface area contributed by atoms with Gasteiger partial charge in [0.05, 0.1) is 0 Å². The van der Waals surface area contributed by atoms with Gasteiger partial charge in [0.15, 0.2) is 0 Å². The molecule has 0 fully saturated rings. The highest BCUT2D eigenvalue weighted by Crippen LogP contribution is 2.13. The van der Waals surface area contributed by atoms with Crippen molar-refractivity contribution < 1.29 is 0 Å². The van der Waals surface area contributed by atoms with Gasteiger partial charge in [0, 0.05) is 10.0 Å². The summed E-state index contributed by atoms with van der Waals surface area (Å²) < 4.78 is 0. The lowest BCUT2D eigenvalue weighted by Crippen LogP contribution is -1.61. The second kappa shape index (κ2) is 6.11. The summed E-state index contributed by atoms with van der Waals surface area (Å²) in [5.74, 6) is 0. The fraction of sp³-hybridized carbons (Fsp3) is 0. The van der Waals surface area contributed by atoms with Gasteiger partial charge in [-0.1, -0.05) is 29.3 Å². The van der Waals surface area contributed by atoms with Crippen molar-refractivity contribution in [1.82, 2.24) is 0 Å². The van der Waals surface area contributed by atoms with Gasteiger partial charge in [0.2, 0.25) is 0 Å². The minimum Gasteiger partial charge on any atom is -0.147 e. The van der Waals surface area contributed by atoms with E-state index in [4.69, 9.17) is 23.2 Å². The van der Waals surface area contributed by atoms with E-state index in [0.29, 0.717) is 10.0 Å². The Morgan fingerprint density at radius 2 is 1.30 bits per heavy atom. The van der Waals surface area contributed by atoms with Crippen molar-refractivity contribution in [2.75, 3.05) is 0 Å². The summed E-state index contributed by atoms with van der Waals surface area (Å²) in [6.45, 7) is 0. The molecule has 0 aliphatic rings. The third kappa shape index (κ3) is 4.24. The number of rotatable bonds is 0. The van der Waals surface area contributed by atoms with Gasteiger partial charge in [-0.25, -0.2) is 0 Å². The highest BCUT2D eigenvalue weighted by atomic mass is 35.5. The highest BCUT2D eigenvalue weighted by molar-refractivity contribution is 6.34. The fourth-order valence-corrected chi connectivity index (χ4v) is 0.896. The Labute approximate surface area is 82.3 Å². The molecule has 0 aliphatic heterocycles. The van der Waals surface area contributed by atoms with Gasteiger partial charge in [0.25, 0.3) is 0 Å². The van der Waals surface area contributed by atoms with Gasteiger partial charge in [-0.3, -0.25) is 0 Å². The zero-order valence-corrected chi connectivity index (χ0v) is 8.03. The summed E-state index contributed by atoms with van der Waals surface area (Å²) in [6.07, 6.45) is 0. The molecule has 0 amide bonds. The highest BCUT2D eigenvalue weighted by Gasteiger charge is 1.84. The van der Waals surface area contributed by atoms with Crippen LogP contribution in [0.4, 0.5) is 0 Å². The average Bonchev–Trinajstić information content (AvgIpc) is 1.64. The molecular weight excluding hydrogens is 214 g/mol. The Bertz CT molecular complexity index is 170. The first kappa shape index (κ1) is 13.0. The Kier molecular flexibility index (Phi) is 7.95. The summed E-state index contributed by atoms with van der Waals surface area (Å²) in [6, 6.07) is 7.08. The van der Waals surface area contributed by atoms with Crippen LogP contribution in [0, 0.1) is 0 Å². The van der Waals surface area contributed by atoms with Crippen molar-refractivity contribution in [3.63, 3.8) is 0 Å². The monoisotopic (exact) mass is 218 g/mol. The molecule has 0 nitrogen and oxygen atoms in total. The van der Waals surface area contributed by atoms with Crippen LogP contribution in [-0.4, -0.2) is 0 Å². The summed E-state index contributed by atoms with van der Waals surface area (Å²) in [7, 11) is 0. The summed E-state index contributed by atoms with van der Waals surface area (Å²) >= 11 is 11.1. The van der Waals surface area contributed by atoms with E-state index in [2.05, 4.69) is 0 Å². The molecule has 0 radical (unpaired) electrons. The Morgan fingerprint density at radius 1 is 0.900 bits per heavy atom. The number of hydrogen-bond acceptors (Lipinski definition) is 0. The first-order valence-electron chi connectivity index (χ1n) is 2.20. The van der Waals surface area contributed by atoms with E-state index in [-0.39, 0.29) is 24.8 Å². The number of hydrogen-bond donors (Lipinski definition) is 0. The van der Waals surface area contributed by atoms with Crippen LogP contribution >= 0.6 is 48.0 Å². The molecule has 58 valence electrons. The normalized spacial score (nSPS) is 7.40. The van der Waals surface area contributed by atoms with Crippen LogP contribution in [0.15, 0.2) is 24.3 Å².